The van der Waals surface area contributed by atoms with Crippen LogP contribution in [0.25, 0.3) is 0 Å². The number of ether oxygens (including phenoxy) is 2. The summed E-state index contributed by atoms with van der Waals surface area (Å²) in [6.45, 7) is 8.30. The van der Waals surface area contributed by atoms with Crippen LogP contribution in [0.4, 0.5) is 4.79 Å². The van der Waals surface area contributed by atoms with Crippen LogP contribution in [0.2, 0.25) is 0 Å². The van der Waals surface area contributed by atoms with E-state index in [4.69, 9.17) is 15.2 Å². The van der Waals surface area contributed by atoms with Gasteiger partial charge in [-0.25, -0.2) is 4.79 Å². The lowest BCUT2D eigenvalue weighted by atomic mass is 10.1. The van der Waals surface area contributed by atoms with Crippen LogP contribution in [0, 0.1) is 0 Å². The van der Waals surface area contributed by atoms with Gasteiger partial charge in [-0.2, -0.15) is 0 Å². The van der Waals surface area contributed by atoms with E-state index in [2.05, 4.69) is 10.6 Å². The fourth-order valence-electron chi connectivity index (χ4n) is 2.78. The molecule has 8 heteroatoms. The van der Waals surface area contributed by atoms with Gasteiger partial charge in [-0.3, -0.25) is 9.59 Å². The lowest BCUT2D eigenvalue weighted by Gasteiger charge is -2.23. The van der Waals surface area contributed by atoms with Crippen molar-refractivity contribution in [1.82, 2.24) is 10.6 Å². The van der Waals surface area contributed by atoms with Gasteiger partial charge in [0.15, 0.2) is 0 Å². The average molecular weight is 422 g/mol. The minimum atomic E-state index is -0.495. The smallest absolute Gasteiger partial charge is 0.407 e. The summed E-state index contributed by atoms with van der Waals surface area (Å²) in [4.78, 5) is 33.3. The highest BCUT2D eigenvalue weighted by atomic mass is 16.6. The molecule has 1 aromatic carbocycles. The normalized spacial score (nSPS) is 13.2. The Morgan fingerprint density at radius 1 is 1.17 bits per heavy atom. The van der Waals surface area contributed by atoms with Crippen LogP contribution < -0.4 is 16.4 Å². The van der Waals surface area contributed by atoms with Gasteiger partial charge in [0.25, 0.3) is 0 Å². The Bertz CT molecular complexity index is 670. The second-order valence-corrected chi connectivity index (χ2v) is 8.26. The number of benzene rings is 1. The van der Waals surface area contributed by atoms with Gasteiger partial charge < -0.3 is 25.8 Å². The van der Waals surface area contributed by atoms with Crippen LogP contribution in [0.1, 0.15) is 58.1 Å². The minimum Gasteiger partial charge on any atom is -0.444 e. The number of carbonyl (C=O) groups is 3. The van der Waals surface area contributed by atoms with Gasteiger partial charge in [0, 0.05) is 13.0 Å². The largest absolute Gasteiger partial charge is 0.444 e. The van der Waals surface area contributed by atoms with Crippen molar-refractivity contribution in [1.29, 1.82) is 0 Å². The first-order chi connectivity index (χ1) is 14.1. The third-order valence-corrected chi connectivity index (χ3v) is 4.40. The number of primary amides is 1. The summed E-state index contributed by atoms with van der Waals surface area (Å²) < 4.78 is 11.0. The number of nitrogens with one attached hydrogen (secondary N) is 2. The number of amides is 3. The number of rotatable bonds is 13. The summed E-state index contributed by atoms with van der Waals surface area (Å²) >= 11 is 0. The molecule has 0 saturated carbocycles. The Morgan fingerprint density at radius 2 is 1.80 bits per heavy atom. The van der Waals surface area contributed by atoms with Crippen LogP contribution in [0.5, 0.6) is 0 Å². The van der Waals surface area contributed by atoms with E-state index in [0.29, 0.717) is 26.0 Å². The SMILES string of the molecule is C[C@@H](OCc1ccc(CCCNC(=O)OC(C)(C)C)cc1)[C@H](CCC(N)=O)NC=O. The fourth-order valence-corrected chi connectivity index (χ4v) is 2.78. The van der Waals surface area contributed by atoms with Gasteiger partial charge in [0.2, 0.25) is 12.3 Å². The Morgan fingerprint density at radius 3 is 2.37 bits per heavy atom. The molecule has 1 rings (SSSR count). The number of aryl methyl sites for hydroxylation is 1. The monoisotopic (exact) mass is 421 g/mol. The van der Waals surface area contributed by atoms with Gasteiger partial charge >= 0.3 is 6.09 Å². The van der Waals surface area contributed by atoms with E-state index >= 15 is 0 Å². The van der Waals surface area contributed by atoms with E-state index < -0.39 is 17.6 Å². The molecular weight excluding hydrogens is 386 g/mol. The minimum absolute atomic E-state index is 0.191. The highest BCUT2D eigenvalue weighted by Crippen LogP contribution is 2.12. The summed E-state index contributed by atoms with van der Waals surface area (Å²) in [5.74, 6) is -0.406. The van der Waals surface area contributed by atoms with Crippen molar-refractivity contribution in [3.8, 4) is 0 Å². The molecule has 1 aromatic rings. The molecule has 2 atom stereocenters. The van der Waals surface area contributed by atoms with Crippen molar-refractivity contribution in [3.05, 3.63) is 35.4 Å². The van der Waals surface area contributed by atoms with Gasteiger partial charge in [-0.15, -0.1) is 0 Å². The zero-order valence-electron chi connectivity index (χ0n) is 18.4. The maximum Gasteiger partial charge on any atom is 0.407 e. The molecule has 0 radical (unpaired) electrons. The summed E-state index contributed by atoms with van der Waals surface area (Å²) in [6.07, 6.45) is 2.23. The van der Waals surface area contributed by atoms with Crippen molar-refractivity contribution in [2.75, 3.05) is 6.54 Å². The maximum absolute atomic E-state index is 11.6. The number of hydrogen-bond acceptors (Lipinski definition) is 5. The van der Waals surface area contributed by atoms with E-state index in [1.54, 1.807) is 0 Å². The van der Waals surface area contributed by atoms with Crippen molar-refractivity contribution in [3.63, 3.8) is 0 Å². The molecule has 0 aliphatic carbocycles. The Labute approximate surface area is 178 Å². The highest BCUT2D eigenvalue weighted by Gasteiger charge is 2.18. The topological polar surface area (TPSA) is 120 Å². The van der Waals surface area contributed by atoms with E-state index in [1.807, 2.05) is 52.0 Å². The van der Waals surface area contributed by atoms with Crippen LogP contribution in [-0.4, -0.2) is 42.7 Å². The molecule has 0 fully saturated rings. The van der Waals surface area contributed by atoms with Gasteiger partial charge in [0.05, 0.1) is 18.8 Å². The molecule has 0 aliphatic heterocycles. The molecule has 4 N–H and O–H groups in total. The predicted octanol–water partition coefficient (Wildman–Crippen LogP) is 2.43. The summed E-state index contributed by atoms with van der Waals surface area (Å²) in [5.41, 5.74) is 6.86. The van der Waals surface area contributed by atoms with E-state index in [9.17, 15) is 14.4 Å². The first kappa shape index (κ1) is 25.4. The zero-order valence-corrected chi connectivity index (χ0v) is 18.4. The molecule has 8 nitrogen and oxygen atoms in total. The number of hydrogen-bond donors (Lipinski definition) is 3. The third kappa shape index (κ3) is 11.4. The molecule has 168 valence electrons. The molecular formula is C22H35N3O5. The summed E-state index contributed by atoms with van der Waals surface area (Å²) in [5, 5.41) is 5.43. The van der Waals surface area contributed by atoms with Crippen molar-refractivity contribution in [2.24, 2.45) is 5.73 Å². The van der Waals surface area contributed by atoms with Crippen LogP contribution in [0.15, 0.2) is 24.3 Å². The Hall–Kier alpha value is -2.61. The van der Waals surface area contributed by atoms with Crippen molar-refractivity contribution < 1.29 is 23.9 Å². The first-order valence-electron chi connectivity index (χ1n) is 10.2. The van der Waals surface area contributed by atoms with Crippen LogP contribution in [0.3, 0.4) is 0 Å². The van der Waals surface area contributed by atoms with E-state index in [1.165, 1.54) is 5.56 Å². The number of carbonyl (C=O) groups excluding carboxylic acids is 3. The molecule has 0 saturated heterocycles. The standard InChI is InChI=1S/C22H35N3O5/c1-16(19(25-15-26)11-12-20(23)27)29-14-18-9-7-17(8-10-18)6-5-13-24-21(28)30-22(2,3)4/h7-10,15-16,19H,5-6,11-14H2,1-4H3,(H2,23,27)(H,24,28)(H,25,26)/t16-,19+/m1/s1. The van der Waals surface area contributed by atoms with Crippen molar-refractivity contribution >= 4 is 18.4 Å². The molecule has 30 heavy (non-hydrogen) atoms. The van der Waals surface area contributed by atoms with Crippen molar-refractivity contribution in [2.45, 2.75) is 77.7 Å². The highest BCUT2D eigenvalue weighted by molar-refractivity contribution is 5.73. The molecule has 0 bridgehead atoms. The van der Waals surface area contributed by atoms with Gasteiger partial charge in [-0.1, -0.05) is 24.3 Å². The molecule has 0 aromatic heterocycles. The van der Waals surface area contributed by atoms with Gasteiger partial charge in [0.1, 0.15) is 5.60 Å². The van der Waals surface area contributed by atoms with Gasteiger partial charge in [-0.05, 0) is 58.1 Å². The fraction of sp³-hybridized carbons (Fsp3) is 0.591. The lowest BCUT2D eigenvalue weighted by Crippen LogP contribution is -2.39. The average Bonchev–Trinajstić information content (AvgIpc) is 2.66. The molecule has 0 heterocycles. The van der Waals surface area contributed by atoms with Crippen LogP contribution in [-0.2, 0) is 32.1 Å². The third-order valence-electron chi connectivity index (χ3n) is 4.40. The summed E-state index contributed by atoms with van der Waals surface area (Å²) in [6, 6.07) is 7.78. The predicted molar refractivity (Wildman–Crippen MR) is 115 cm³/mol. The maximum atomic E-state index is 11.6. The molecule has 0 spiro atoms. The number of alkyl carbamates (subject to hydrolysis) is 1. The lowest BCUT2D eigenvalue weighted by molar-refractivity contribution is -0.119. The quantitative estimate of drug-likeness (QED) is 0.334. The summed E-state index contributed by atoms with van der Waals surface area (Å²) in [7, 11) is 0. The van der Waals surface area contributed by atoms with E-state index in [-0.39, 0.29) is 18.6 Å². The first-order valence-corrected chi connectivity index (χ1v) is 10.2. The van der Waals surface area contributed by atoms with Crippen LogP contribution >= 0.6 is 0 Å². The van der Waals surface area contributed by atoms with E-state index in [0.717, 1.165) is 18.4 Å². The second kappa shape index (κ2) is 12.8. The molecule has 0 aliphatic rings. The number of nitrogens with two attached hydrogens (primary N) is 1. The Balaban J connectivity index is 2.37. The second-order valence-electron chi connectivity index (χ2n) is 8.26. The zero-order chi connectivity index (χ0) is 22.6. The molecule has 3 amide bonds. The molecule has 0 unspecified atom stereocenters. The Kier molecular flexibility index (Phi) is 10.9.